The van der Waals surface area contributed by atoms with E-state index in [0.717, 1.165) is 5.69 Å². The summed E-state index contributed by atoms with van der Waals surface area (Å²) in [6.07, 6.45) is 0.109. The molecule has 4 aromatic heterocycles. The van der Waals surface area contributed by atoms with Gasteiger partial charge < -0.3 is 5.73 Å². The Bertz CT molecular complexity index is 1230. The summed E-state index contributed by atoms with van der Waals surface area (Å²) in [5, 5.41) is 3.01. The average Bonchev–Trinajstić information content (AvgIpc) is 3.25. The molecule has 0 radical (unpaired) electrons. The number of hydrogen-bond donors (Lipinski definition) is 1. The fourth-order valence-corrected chi connectivity index (χ4v) is 3.92. The van der Waals surface area contributed by atoms with Gasteiger partial charge in [-0.2, -0.15) is 0 Å². The maximum absolute atomic E-state index is 13.1. The summed E-state index contributed by atoms with van der Waals surface area (Å²) in [4.78, 5) is 29.8. The first kappa shape index (κ1) is 19.1. The van der Waals surface area contributed by atoms with Gasteiger partial charge in [0.25, 0.3) is 5.91 Å². The van der Waals surface area contributed by atoms with Crippen molar-refractivity contribution in [3.05, 3.63) is 52.4 Å². The second kappa shape index (κ2) is 7.28. The minimum absolute atomic E-state index is 0.105. The summed E-state index contributed by atoms with van der Waals surface area (Å²) in [7, 11) is 0. The smallest absolute Gasteiger partial charge is 0.254 e. The zero-order valence-corrected chi connectivity index (χ0v) is 16.4. The van der Waals surface area contributed by atoms with Gasteiger partial charge in [0, 0.05) is 35.3 Å². The molecule has 4 aromatic rings. The second-order valence-corrected chi connectivity index (χ2v) is 7.34. The van der Waals surface area contributed by atoms with Crippen LogP contribution in [-0.4, -0.2) is 36.8 Å². The molecule has 0 atom stereocenters. The predicted molar refractivity (Wildman–Crippen MR) is 105 cm³/mol. The summed E-state index contributed by atoms with van der Waals surface area (Å²) in [5.41, 5.74) is 7.70. The van der Waals surface area contributed by atoms with Crippen molar-refractivity contribution < 1.29 is 13.6 Å². The van der Waals surface area contributed by atoms with E-state index in [0.29, 0.717) is 33.1 Å². The van der Waals surface area contributed by atoms with Crippen molar-refractivity contribution in [1.82, 2.24) is 24.5 Å². The van der Waals surface area contributed by atoms with Gasteiger partial charge in [0.1, 0.15) is 11.2 Å². The molecule has 0 unspecified atom stereocenters. The van der Waals surface area contributed by atoms with Crippen molar-refractivity contribution in [2.75, 3.05) is 0 Å². The first-order valence-electron chi connectivity index (χ1n) is 8.69. The Morgan fingerprint density at radius 1 is 1.28 bits per heavy atom. The molecule has 4 rings (SSSR count). The van der Waals surface area contributed by atoms with Crippen molar-refractivity contribution in [2.24, 2.45) is 5.73 Å². The van der Waals surface area contributed by atoms with E-state index in [4.69, 9.17) is 5.73 Å². The van der Waals surface area contributed by atoms with Gasteiger partial charge in [-0.05, 0) is 31.5 Å². The zero-order chi connectivity index (χ0) is 20.7. The van der Waals surface area contributed by atoms with E-state index in [1.165, 1.54) is 22.1 Å². The van der Waals surface area contributed by atoms with E-state index in [2.05, 4.69) is 19.9 Å². The molecule has 0 bridgehead atoms. The van der Waals surface area contributed by atoms with Gasteiger partial charge in [-0.1, -0.05) is 0 Å². The van der Waals surface area contributed by atoms with Gasteiger partial charge in [0.15, 0.2) is 16.6 Å². The molecule has 10 heteroatoms. The number of aryl methyl sites for hydroxylation is 2. The third-order valence-corrected chi connectivity index (χ3v) is 5.33. The third-order valence-electron chi connectivity index (χ3n) is 4.38. The number of thiazole rings is 1. The lowest BCUT2D eigenvalue weighted by Crippen LogP contribution is -2.19. The fraction of sp³-hybridized carbons (Fsp3) is 0.211. The van der Waals surface area contributed by atoms with Crippen molar-refractivity contribution in [1.29, 1.82) is 0 Å². The Morgan fingerprint density at radius 2 is 2.07 bits per heavy atom. The van der Waals surface area contributed by atoms with Crippen molar-refractivity contribution in [3.63, 3.8) is 0 Å². The molecule has 2 N–H and O–H groups in total. The minimum atomic E-state index is -2.52. The normalized spacial score (nSPS) is 11.5. The predicted octanol–water partition coefficient (Wildman–Crippen LogP) is 3.46. The molecule has 7 nitrogen and oxygen atoms in total. The molecule has 1 amide bonds. The highest BCUT2D eigenvalue weighted by Crippen LogP contribution is 2.29. The second-order valence-electron chi connectivity index (χ2n) is 6.48. The molecule has 0 aliphatic heterocycles. The summed E-state index contributed by atoms with van der Waals surface area (Å²) in [6.45, 7) is 3.50. The summed E-state index contributed by atoms with van der Waals surface area (Å²) >= 11 is 1.37. The van der Waals surface area contributed by atoms with Crippen LogP contribution in [0.15, 0.2) is 29.9 Å². The molecule has 0 fully saturated rings. The number of nitrogens with zero attached hydrogens (tertiary/aromatic N) is 5. The van der Waals surface area contributed by atoms with E-state index in [9.17, 15) is 13.6 Å². The van der Waals surface area contributed by atoms with Crippen LogP contribution in [0.25, 0.3) is 27.7 Å². The first-order valence-corrected chi connectivity index (χ1v) is 9.57. The molecule has 0 saturated heterocycles. The van der Waals surface area contributed by atoms with E-state index in [1.54, 1.807) is 25.3 Å². The highest BCUT2D eigenvalue weighted by atomic mass is 32.1. The molecule has 0 aliphatic rings. The number of nitrogens with two attached hydrogens (primary N) is 1. The Kier molecular flexibility index (Phi) is 4.79. The molecule has 148 valence electrons. The first-order chi connectivity index (χ1) is 13.8. The zero-order valence-electron chi connectivity index (χ0n) is 15.6. The number of fused-ring (bicyclic) bond motifs is 1. The van der Waals surface area contributed by atoms with Gasteiger partial charge >= 0.3 is 0 Å². The van der Waals surface area contributed by atoms with Crippen molar-refractivity contribution >= 4 is 28.3 Å². The number of aromatic nitrogens is 5. The highest BCUT2D eigenvalue weighted by Gasteiger charge is 2.23. The Hall–Kier alpha value is -3.27. The molecule has 0 saturated carbocycles. The van der Waals surface area contributed by atoms with Crippen LogP contribution in [0.2, 0.25) is 0 Å². The third kappa shape index (κ3) is 3.46. The van der Waals surface area contributed by atoms with Gasteiger partial charge in [-0.25, -0.2) is 28.7 Å². The fourth-order valence-electron chi connectivity index (χ4n) is 3.19. The van der Waals surface area contributed by atoms with Crippen LogP contribution in [0, 0.1) is 13.8 Å². The van der Waals surface area contributed by atoms with E-state index in [1.807, 2.05) is 12.3 Å². The van der Waals surface area contributed by atoms with Crippen LogP contribution >= 0.6 is 11.3 Å². The molecule has 29 heavy (non-hydrogen) atoms. The standard InChI is InChI=1S/C19H16F2N6OS/c1-9-8-29-19(24-9)16-25-10(2)14(15(22)28)18(26-16)27-7-11(6-13(20)21)12-4-3-5-23-17(12)27/h3-5,7-8,13H,6H2,1-2H3,(H2,22,28). The van der Waals surface area contributed by atoms with Gasteiger partial charge in [0.2, 0.25) is 6.43 Å². The SMILES string of the molecule is Cc1csc(-c2nc(C)c(C(N)=O)c(-n3cc(CC(F)F)c4cccnc43)n2)n1. The number of primary amides is 1. The summed E-state index contributed by atoms with van der Waals surface area (Å²) in [6, 6.07) is 3.38. The van der Waals surface area contributed by atoms with Crippen LogP contribution in [0.5, 0.6) is 0 Å². The maximum Gasteiger partial charge on any atom is 0.254 e. The quantitative estimate of drug-likeness (QED) is 0.539. The van der Waals surface area contributed by atoms with Crippen molar-refractivity contribution in [3.8, 4) is 16.6 Å². The molecule has 4 heterocycles. The summed E-state index contributed by atoms with van der Waals surface area (Å²) in [5.74, 6) is -0.196. The van der Waals surface area contributed by atoms with E-state index < -0.39 is 18.8 Å². The lowest BCUT2D eigenvalue weighted by molar-refractivity contribution is 0.0999. The average molecular weight is 414 g/mol. The number of alkyl halides is 2. The highest BCUT2D eigenvalue weighted by molar-refractivity contribution is 7.13. The Morgan fingerprint density at radius 3 is 2.72 bits per heavy atom. The minimum Gasteiger partial charge on any atom is -0.365 e. The molecule has 0 aromatic carbocycles. The van der Waals surface area contributed by atoms with Crippen molar-refractivity contribution in [2.45, 2.75) is 26.7 Å². The van der Waals surface area contributed by atoms with Crippen LogP contribution in [0.4, 0.5) is 8.78 Å². The molecule has 0 aliphatic carbocycles. The summed E-state index contributed by atoms with van der Waals surface area (Å²) < 4.78 is 27.7. The number of hydrogen-bond acceptors (Lipinski definition) is 6. The molecular formula is C19H16F2N6OS. The van der Waals surface area contributed by atoms with Gasteiger partial charge in [-0.3, -0.25) is 9.36 Å². The number of halogens is 2. The van der Waals surface area contributed by atoms with Gasteiger partial charge in [0.05, 0.1) is 5.69 Å². The maximum atomic E-state index is 13.1. The number of carbonyl (C=O) groups is 1. The van der Waals surface area contributed by atoms with E-state index >= 15 is 0 Å². The Labute approximate surface area is 168 Å². The topological polar surface area (TPSA) is 99.6 Å². The van der Waals surface area contributed by atoms with E-state index in [-0.39, 0.29) is 11.4 Å². The number of amides is 1. The van der Waals surface area contributed by atoms with Crippen LogP contribution < -0.4 is 5.73 Å². The lowest BCUT2D eigenvalue weighted by Gasteiger charge is -2.12. The van der Waals surface area contributed by atoms with Crippen LogP contribution in [-0.2, 0) is 6.42 Å². The lowest BCUT2D eigenvalue weighted by atomic mass is 10.2. The van der Waals surface area contributed by atoms with Crippen LogP contribution in [0.1, 0.15) is 27.3 Å². The Balaban J connectivity index is 2.01. The monoisotopic (exact) mass is 414 g/mol. The largest absolute Gasteiger partial charge is 0.365 e. The van der Waals surface area contributed by atoms with Gasteiger partial charge in [-0.15, -0.1) is 11.3 Å². The molecular weight excluding hydrogens is 398 g/mol. The number of carbonyl (C=O) groups excluding carboxylic acids is 1. The molecule has 0 spiro atoms. The van der Waals surface area contributed by atoms with Crippen LogP contribution in [0.3, 0.4) is 0 Å². The number of rotatable bonds is 5. The number of pyridine rings is 1.